The summed E-state index contributed by atoms with van der Waals surface area (Å²) < 4.78 is 46.7. The van der Waals surface area contributed by atoms with Crippen molar-refractivity contribution in [2.75, 3.05) is 61.1 Å². The van der Waals surface area contributed by atoms with Crippen LogP contribution in [0.15, 0.2) is 35.4 Å². The molecular formula is C19H23FN4O4S2. The van der Waals surface area contributed by atoms with Crippen molar-refractivity contribution in [3.05, 3.63) is 42.0 Å². The second-order valence-corrected chi connectivity index (χ2v) is 10.1. The molecule has 2 aliphatic rings. The van der Waals surface area contributed by atoms with E-state index in [-0.39, 0.29) is 10.6 Å². The van der Waals surface area contributed by atoms with Crippen molar-refractivity contribution in [3.8, 4) is 0 Å². The zero-order valence-corrected chi connectivity index (χ0v) is 17.9. The van der Waals surface area contributed by atoms with Crippen LogP contribution < -0.4 is 10.2 Å². The van der Waals surface area contributed by atoms with Gasteiger partial charge in [-0.2, -0.15) is 16.1 Å². The van der Waals surface area contributed by atoms with E-state index in [9.17, 15) is 17.6 Å². The maximum atomic E-state index is 14.5. The number of nitrogens with one attached hydrogen (secondary N) is 2. The molecule has 0 radical (unpaired) electrons. The molecule has 11 heteroatoms. The van der Waals surface area contributed by atoms with Crippen molar-refractivity contribution < 1.29 is 22.3 Å². The Kier molecular flexibility index (Phi) is 6.32. The second-order valence-electron chi connectivity index (χ2n) is 6.99. The van der Waals surface area contributed by atoms with Crippen molar-refractivity contribution in [3.63, 3.8) is 0 Å². The molecule has 0 unspecified atom stereocenters. The van der Waals surface area contributed by atoms with E-state index in [2.05, 4.69) is 10.3 Å². The monoisotopic (exact) mass is 454 g/mol. The minimum Gasteiger partial charge on any atom is -0.378 e. The summed E-state index contributed by atoms with van der Waals surface area (Å²) in [6.45, 7) is 3.22. The van der Waals surface area contributed by atoms with Crippen LogP contribution in [-0.2, 0) is 14.8 Å². The van der Waals surface area contributed by atoms with Crippen molar-refractivity contribution in [1.29, 1.82) is 0 Å². The van der Waals surface area contributed by atoms with Crippen LogP contribution in [-0.4, -0.2) is 74.5 Å². The smallest absolute Gasteiger partial charge is 0.272 e. The summed E-state index contributed by atoms with van der Waals surface area (Å²) in [6, 6.07) is 5.81. The number of sulfonamides is 1. The summed E-state index contributed by atoms with van der Waals surface area (Å²) in [5, 5.41) is 2.61. The van der Waals surface area contributed by atoms with Gasteiger partial charge >= 0.3 is 0 Å². The van der Waals surface area contributed by atoms with Crippen molar-refractivity contribution in [2.24, 2.45) is 0 Å². The van der Waals surface area contributed by atoms with Crippen molar-refractivity contribution in [2.45, 2.75) is 4.90 Å². The minimum atomic E-state index is -3.64. The van der Waals surface area contributed by atoms with E-state index in [0.29, 0.717) is 50.8 Å². The summed E-state index contributed by atoms with van der Waals surface area (Å²) in [6.07, 6.45) is 1.31. The van der Waals surface area contributed by atoms with E-state index in [4.69, 9.17) is 4.74 Å². The number of hydrogen-bond acceptors (Lipinski definition) is 6. The first-order chi connectivity index (χ1) is 14.4. The molecule has 0 spiro atoms. The SMILES string of the molecule is O=C(Nc1ccc(N2CCOCC2)c(F)c1)c1cc(S(=O)(=O)N2CCSCC2)c[nH]1. The lowest BCUT2D eigenvalue weighted by molar-refractivity contribution is 0.102. The van der Waals surface area contributed by atoms with Crippen LogP contribution in [0, 0.1) is 5.82 Å². The molecule has 1 aromatic heterocycles. The molecule has 8 nitrogen and oxygen atoms in total. The van der Waals surface area contributed by atoms with Crippen LogP contribution in [0.5, 0.6) is 0 Å². The minimum absolute atomic E-state index is 0.0494. The van der Waals surface area contributed by atoms with Gasteiger partial charge in [0, 0.05) is 49.6 Å². The molecule has 1 amide bonds. The molecule has 0 saturated carbocycles. The molecule has 1 aromatic carbocycles. The lowest BCUT2D eigenvalue weighted by Gasteiger charge is -2.29. The van der Waals surface area contributed by atoms with Gasteiger partial charge < -0.3 is 19.9 Å². The number of halogens is 1. The molecule has 162 valence electrons. The van der Waals surface area contributed by atoms with Gasteiger partial charge in [0.25, 0.3) is 5.91 Å². The van der Waals surface area contributed by atoms with Gasteiger partial charge in [0.2, 0.25) is 10.0 Å². The van der Waals surface area contributed by atoms with E-state index >= 15 is 0 Å². The highest BCUT2D eigenvalue weighted by Gasteiger charge is 2.28. The number of thioether (sulfide) groups is 1. The lowest BCUT2D eigenvalue weighted by atomic mass is 10.2. The quantitative estimate of drug-likeness (QED) is 0.718. The van der Waals surface area contributed by atoms with E-state index in [1.165, 1.54) is 22.6 Å². The first kappa shape index (κ1) is 21.2. The number of aromatic nitrogens is 1. The molecule has 2 aromatic rings. The van der Waals surface area contributed by atoms with Gasteiger partial charge in [-0.05, 0) is 24.3 Å². The topological polar surface area (TPSA) is 94.7 Å². The summed E-state index contributed by atoms with van der Waals surface area (Å²) in [5.41, 5.74) is 0.850. The first-order valence-electron chi connectivity index (χ1n) is 9.65. The Hall–Kier alpha value is -2.08. The average molecular weight is 455 g/mol. The first-order valence-corrected chi connectivity index (χ1v) is 12.2. The molecule has 2 fully saturated rings. The normalized spacial score (nSPS) is 18.4. The van der Waals surface area contributed by atoms with E-state index in [1.807, 2.05) is 4.90 Å². The van der Waals surface area contributed by atoms with Crippen LogP contribution in [0.25, 0.3) is 0 Å². The second kappa shape index (κ2) is 8.96. The number of aromatic amines is 1. The van der Waals surface area contributed by atoms with Crippen molar-refractivity contribution in [1.82, 2.24) is 9.29 Å². The number of ether oxygens (including phenoxy) is 1. The summed E-state index contributed by atoms with van der Waals surface area (Å²) in [4.78, 5) is 17.2. The largest absolute Gasteiger partial charge is 0.378 e. The Morgan fingerprint density at radius 2 is 1.87 bits per heavy atom. The fourth-order valence-electron chi connectivity index (χ4n) is 3.43. The van der Waals surface area contributed by atoms with Crippen LogP contribution >= 0.6 is 11.8 Å². The van der Waals surface area contributed by atoms with E-state index < -0.39 is 21.7 Å². The summed E-state index contributed by atoms with van der Waals surface area (Å²) >= 11 is 1.71. The van der Waals surface area contributed by atoms with Crippen LogP contribution in [0.1, 0.15) is 10.5 Å². The highest BCUT2D eigenvalue weighted by molar-refractivity contribution is 7.99. The Labute approximate surface area is 178 Å². The maximum absolute atomic E-state index is 14.5. The molecule has 0 bridgehead atoms. The molecule has 30 heavy (non-hydrogen) atoms. The summed E-state index contributed by atoms with van der Waals surface area (Å²) in [5.74, 6) is 0.531. The predicted octanol–water partition coefficient (Wildman–Crippen LogP) is 1.98. The average Bonchev–Trinajstić information content (AvgIpc) is 3.27. The molecule has 2 N–H and O–H groups in total. The molecule has 3 heterocycles. The Bertz CT molecular complexity index is 1020. The highest BCUT2D eigenvalue weighted by atomic mass is 32.2. The predicted molar refractivity (Wildman–Crippen MR) is 114 cm³/mol. The number of nitrogens with zero attached hydrogens (tertiary/aromatic N) is 2. The third-order valence-corrected chi connectivity index (χ3v) is 7.89. The maximum Gasteiger partial charge on any atom is 0.272 e. The lowest BCUT2D eigenvalue weighted by Crippen LogP contribution is -2.37. The van der Waals surface area contributed by atoms with Crippen LogP contribution in [0.4, 0.5) is 15.8 Å². The molecule has 0 atom stereocenters. The van der Waals surface area contributed by atoms with Gasteiger partial charge in [0.05, 0.1) is 18.9 Å². The van der Waals surface area contributed by atoms with Gasteiger partial charge in [-0.15, -0.1) is 0 Å². The van der Waals surface area contributed by atoms with Crippen molar-refractivity contribution >= 4 is 39.1 Å². The molecule has 0 aliphatic carbocycles. The fraction of sp³-hybridized carbons (Fsp3) is 0.421. The number of hydrogen-bond donors (Lipinski definition) is 2. The number of rotatable bonds is 5. The van der Waals surface area contributed by atoms with Gasteiger partial charge in [0.15, 0.2) is 0 Å². The molecule has 4 rings (SSSR count). The summed E-state index contributed by atoms with van der Waals surface area (Å²) in [7, 11) is -3.64. The van der Waals surface area contributed by atoms with E-state index in [1.54, 1.807) is 23.9 Å². The molecular weight excluding hydrogens is 431 g/mol. The number of morpholine rings is 1. The molecule has 2 saturated heterocycles. The van der Waals surface area contributed by atoms with Gasteiger partial charge in [0.1, 0.15) is 16.4 Å². The Morgan fingerprint density at radius 1 is 1.13 bits per heavy atom. The van der Waals surface area contributed by atoms with Gasteiger partial charge in [-0.1, -0.05) is 0 Å². The number of benzene rings is 1. The van der Waals surface area contributed by atoms with Crippen LogP contribution in [0.3, 0.4) is 0 Å². The third kappa shape index (κ3) is 4.48. The van der Waals surface area contributed by atoms with E-state index in [0.717, 1.165) is 11.5 Å². The number of carbonyl (C=O) groups excluding carboxylic acids is 1. The third-order valence-electron chi connectivity index (χ3n) is 5.07. The number of anilines is 2. The Morgan fingerprint density at radius 3 is 2.57 bits per heavy atom. The number of H-pyrrole nitrogens is 1. The van der Waals surface area contributed by atoms with Gasteiger partial charge in [-0.25, -0.2) is 12.8 Å². The zero-order valence-electron chi connectivity index (χ0n) is 16.3. The highest BCUT2D eigenvalue weighted by Crippen LogP contribution is 2.25. The standard InChI is InChI=1S/C19H23FN4O4S2/c20-16-11-14(1-2-18(16)23-3-7-28-8-4-23)22-19(25)17-12-15(13-21-17)30(26,27)24-5-9-29-10-6-24/h1-2,11-13,21H,3-10H2,(H,22,25). The molecule has 2 aliphatic heterocycles. The zero-order chi connectivity index (χ0) is 21.1. The number of carbonyl (C=O) groups is 1. The number of amides is 1. The van der Waals surface area contributed by atoms with Gasteiger partial charge in [-0.3, -0.25) is 4.79 Å². The fourth-order valence-corrected chi connectivity index (χ4v) is 6.00. The van der Waals surface area contributed by atoms with Crippen LogP contribution in [0.2, 0.25) is 0 Å². The Balaban J connectivity index is 1.45.